The highest BCUT2D eigenvalue weighted by Gasteiger charge is 2.29. The maximum atomic E-state index is 13.4. The molecule has 0 spiro atoms. The van der Waals surface area contributed by atoms with Gasteiger partial charge < -0.3 is 15.4 Å². The Kier molecular flexibility index (Phi) is 5.71. The Balaban J connectivity index is 2.05. The van der Waals surface area contributed by atoms with Gasteiger partial charge >= 0.3 is 0 Å². The summed E-state index contributed by atoms with van der Waals surface area (Å²) in [7, 11) is 1.42. The molecule has 0 aromatic heterocycles. The number of rotatable bonds is 6. The average Bonchev–Trinajstić information content (AvgIpc) is 2.87. The first-order chi connectivity index (χ1) is 10.9. The van der Waals surface area contributed by atoms with Gasteiger partial charge in [-0.05, 0) is 42.0 Å². The molecule has 0 saturated heterocycles. The van der Waals surface area contributed by atoms with Crippen molar-refractivity contribution < 1.29 is 18.7 Å². The number of benzene rings is 1. The average molecular weight is 322 g/mol. The third kappa shape index (κ3) is 4.28. The lowest BCUT2D eigenvalue weighted by atomic mass is 10.0. The second-order valence-corrected chi connectivity index (χ2v) is 6.17. The first-order valence-corrected chi connectivity index (χ1v) is 7.79. The minimum absolute atomic E-state index is 0.0656. The molecule has 126 valence electrons. The summed E-state index contributed by atoms with van der Waals surface area (Å²) in [5.74, 6) is -0.964. The molecular formula is C17H23FN2O3. The lowest BCUT2D eigenvalue weighted by molar-refractivity contribution is -0.132. The van der Waals surface area contributed by atoms with E-state index in [1.54, 1.807) is 6.07 Å². The zero-order valence-corrected chi connectivity index (χ0v) is 13.7. The van der Waals surface area contributed by atoms with E-state index in [1.165, 1.54) is 19.2 Å². The van der Waals surface area contributed by atoms with Crippen molar-refractivity contribution in [1.82, 2.24) is 10.6 Å². The molecule has 0 saturated carbocycles. The standard InChI is InChI=1S/C17H23FN2O3/c1-10(2)16(20-15(21)9-23-3)17(22)19-14-7-5-11-4-6-12(18)8-13(11)14/h4,6,8,10,14,16H,5,7,9H2,1-3H3,(H,19,22)(H,20,21)/t14-,16-/m0/s1. The van der Waals surface area contributed by atoms with Crippen LogP contribution in [-0.2, 0) is 20.7 Å². The number of carbonyl (C=O) groups is 2. The Morgan fingerprint density at radius 2 is 2.13 bits per heavy atom. The number of amides is 2. The Labute approximate surface area is 135 Å². The van der Waals surface area contributed by atoms with Crippen LogP contribution in [0.3, 0.4) is 0 Å². The van der Waals surface area contributed by atoms with Gasteiger partial charge in [0.1, 0.15) is 18.5 Å². The summed E-state index contributed by atoms with van der Waals surface area (Å²) in [6.45, 7) is 3.63. The summed E-state index contributed by atoms with van der Waals surface area (Å²) >= 11 is 0. The molecule has 2 atom stereocenters. The fraction of sp³-hybridized carbons (Fsp3) is 0.529. The van der Waals surface area contributed by atoms with Gasteiger partial charge in [-0.25, -0.2) is 4.39 Å². The van der Waals surface area contributed by atoms with Crippen molar-refractivity contribution in [3.05, 3.63) is 35.1 Å². The molecule has 0 heterocycles. The minimum Gasteiger partial charge on any atom is -0.375 e. The lowest BCUT2D eigenvalue weighted by Gasteiger charge is -2.24. The Morgan fingerprint density at radius 1 is 1.39 bits per heavy atom. The normalized spacial score (nSPS) is 17.7. The van der Waals surface area contributed by atoms with Crippen LogP contribution in [0.1, 0.15) is 37.4 Å². The van der Waals surface area contributed by atoms with E-state index in [-0.39, 0.29) is 36.2 Å². The summed E-state index contributed by atoms with van der Waals surface area (Å²) < 4.78 is 18.2. The Bertz CT molecular complexity index is 589. The van der Waals surface area contributed by atoms with Crippen LogP contribution in [0.15, 0.2) is 18.2 Å². The summed E-state index contributed by atoms with van der Waals surface area (Å²) in [5.41, 5.74) is 1.88. The Hall–Kier alpha value is -1.95. The maximum Gasteiger partial charge on any atom is 0.246 e. The van der Waals surface area contributed by atoms with Crippen molar-refractivity contribution in [2.45, 2.75) is 38.8 Å². The molecule has 1 aliphatic rings. The minimum atomic E-state index is -0.643. The van der Waals surface area contributed by atoms with Gasteiger partial charge in [-0.2, -0.15) is 0 Å². The number of hydrogen-bond donors (Lipinski definition) is 2. The van der Waals surface area contributed by atoms with Crippen molar-refractivity contribution in [3.8, 4) is 0 Å². The van der Waals surface area contributed by atoms with E-state index in [2.05, 4.69) is 10.6 Å². The van der Waals surface area contributed by atoms with Gasteiger partial charge in [-0.3, -0.25) is 9.59 Å². The quantitative estimate of drug-likeness (QED) is 0.838. The van der Waals surface area contributed by atoms with Crippen molar-refractivity contribution >= 4 is 11.8 Å². The molecule has 6 heteroatoms. The molecule has 0 aliphatic heterocycles. The largest absolute Gasteiger partial charge is 0.375 e. The smallest absolute Gasteiger partial charge is 0.246 e. The number of halogens is 1. The highest BCUT2D eigenvalue weighted by molar-refractivity contribution is 5.88. The van der Waals surface area contributed by atoms with Crippen molar-refractivity contribution in [2.75, 3.05) is 13.7 Å². The monoisotopic (exact) mass is 322 g/mol. The number of aryl methyl sites for hydroxylation is 1. The summed E-state index contributed by atoms with van der Waals surface area (Å²) in [5, 5.41) is 5.61. The van der Waals surface area contributed by atoms with Crippen LogP contribution < -0.4 is 10.6 Å². The second-order valence-electron chi connectivity index (χ2n) is 6.17. The number of carbonyl (C=O) groups excluding carboxylic acids is 2. The lowest BCUT2D eigenvalue weighted by Crippen LogP contribution is -2.51. The number of nitrogens with one attached hydrogen (secondary N) is 2. The number of ether oxygens (including phenoxy) is 1. The van der Waals surface area contributed by atoms with Gasteiger partial charge in [-0.15, -0.1) is 0 Å². The van der Waals surface area contributed by atoms with Gasteiger partial charge in [0, 0.05) is 7.11 Å². The Morgan fingerprint density at radius 3 is 2.78 bits per heavy atom. The molecule has 2 rings (SSSR count). The molecule has 0 unspecified atom stereocenters. The molecule has 0 bridgehead atoms. The van der Waals surface area contributed by atoms with E-state index in [1.807, 2.05) is 13.8 Å². The van der Waals surface area contributed by atoms with Crippen LogP contribution in [0.5, 0.6) is 0 Å². The van der Waals surface area contributed by atoms with Gasteiger partial charge in [0.15, 0.2) is 0 Å². The summed E-state index contributed by atoms with van der Waals surface area (Å²) in [6.07, 6.45) is 1.55. The SMILES string of the molecule is COCC(=O)N[C@H](C(=O)N[C@H]1CCc2ccc(F)cc21)C(C)C. The van der Waals surface area contributed by atoms with Crippen LogP contribution >= 0.6 is 0 Å². The van der Waals surface area contributed by atoms with Gasteiger partial charge in [-0.1, -0.05) is 19.9 Å². The first-order valence-electron chi connectivity index (χ1n) is 7.79. The van der Waals surface area contributed by atoms with Crippen LogP contribution in [-0.4, -0.2) is 31.6 Å². The molecule has 2 amide bonds. The van der Waals surface area contributed by atoms with Gasteiger partial charge in [0.2, 0.25) is 11.8 Å². The van der Waals surface area contributed by atoms with Crippen LogP contribution in [0.25, 0.3) is 0 Å². The molecule has 0 fully saturated rings. The van der Waals surface area contributed by atoms with E-state index in [0.29, 0.717) is 0 Å². The fourth-order valence-electron chi connectivity index (χ4n) is 2.87. The number of hydrogen-bond acceptors (Lipinski definition) is 3. The highest BCUT2D eigenvalue weighted by atomic mass is 19.1. The van der Waals surface area contributed by atoms with Crippen molar-refractivity contribution in [2.24, 2.45) is 5.92 Å². The van der Waals surface area contributed by atoms with Crippen LogP contribution in [0.4, 0.5) is 4.39 Å². The van der Waals surface area contributed by atoms with E-state index in [0.717, 1.165) is 24.0 Å². The van der Waals surface area contributed by atoms with Crippen LogP contribution in [0.2, 0.25) is 0 Å². The topological polar surface area (TPSA) is 67.4 Å². The highest BCUT2D eigenvalue weighted by Crippen LogP contribution is 2.31. The van der Waals surface area contributed by atoms with Gasteiger partial charge in [0.25, 0.3) is 0 Å². The van der Waals surface area contributed by atoms with Crippen LogP contribution in [0, 0.1) is 11.7 Å². The predicted molar refractivity (Wildman–Crippen MR) is 84.2 cm³/mol. The molecule has 1 aromatic rings. The predicted octanol–water partition coefficient (Wildman–Crippen LogP) is 1.72. The fourth-order valence-corrected chi connectivity index (χ4v) is 2.87. The molecule has 0 radical (unpaired) electrons. The summed E-state index contributed by atoms with van der Waals surface area (Å²) in [6, 6.07) is 3.81. The molecule has 1 aliphatic carbocycles. The zero-order valence-electron chi connectivity index (χ0n) is 13.7. The number of methoxy groups -OCH3 is 1. The van der Waals surface area contributed by atoms with E-state index in [4.69, 9.17) is 4.74 Å². The summed E-state index contributed by atoms with van der Waals surface area (Å²) in [4.78, 5) is 24.2. The van der Waals surface area contributed by atoms with Crippen molar-refractivity contribution in [1.29, 1.82) is 0 Å². The van der Waals surface area contributed by atoms with Crippen molar-refractivity contribution in [3.63, 3.8) is 0 Å². The first kappa shape index (κ1) is 17.4. The third-order valence-corrected chi connectivity index (χ3v) is 4.04. The zero-order chi connectivity index (χ0) is 17.0. The molecule has 23 heavy (non-hydrogen) atoms. The molecule has 2 N–H and O–H groups in total. The second kappa shape index (κ2) is 7.55. The van der Waals surface area contributed by atoms with E-state index < -0.39 is 6.04 Å². The maximum absolute atomic E-state index is 13.4. The van der Waals surface area contributed by atoms with E-state index >= 15 is 0 Å². The molecule has 5 nitrogen and oxygen atoms in total. The van der Waals surface area contributed by atoms with E-state index in [9.17, 15) is 14.0 Å². The van der Waals surface area contributed by atoms with Gasteiger partial charge in [0.05, 0.1) is 6.04 Å². The third-order valence-electron chi connectivity index (χ3n) is 4.04. The molecule has 1 aromatic carbocycles. The number of fused-ring (bicyclic) bond motifs is 1. The molecular weight excluding hydrogens is 299 g/mol.